The summed E-state index contributed by atoms with van der Waals surface area (Å²) < 4.78 is 5.18. The predicted molar refractivity (Wildman–Crippen MR) is 121 cm³/mol. The molecular formula is C21H17N3O8S2. The zero-order valence-electron chi connectivity index (χ0n) is 17.3. The molecule has 176 valence electrons. The minimum atomic E-state index is -1.55. The number of non-ortho nitro benzene ring substituents is 1. The molecule has 2 N–H and O–H groups in total. The molecular weight excluding hydrogens is 486 g/mol. The van der Waals surface area contributed by atoms with Crippen LogP contribution in [0.5, 0.6) is 0 Å². The molecule has 0 bridgehead atoms. The number of nitrogens with zero attached hydrogens (tertiary/aromatic N) is 2. The molecule has 1 aromatic heterocycles. The molecule has 0 saturated carbocycles. The van der Waals surface area contributed by atoms with Gasteiger partial charge in [0.15, 0.2) is 6.04 Å². The number of hydrogen-bond acceptors (Lipinski definition) is 9. The van der Waals surface area contributed by atoms with Gasteiger partial charge in [-0.25, -0.2) is 9.59 Å². The number of β-lactam (4-membered cyclic amide) rings is 1. The topological polar surface area (TPSA) is 156 Å². The Morgan fingerprint density at radius 1 is 1.21 bits per heavy atom. The fourth-order valence-corrected chi connectivity index (χ4v) is 5.46. The minimum Gasteiger partial charge on any atom is -0.479 e. The Morgan fingerprint density at radius 3 is 2.56 bits per heavy atom. The van der Waals surface area contributed by atoms with Gasteiger partial charge in [0.25, 0.3) is 5.69 Å². The number of esters is 1. The normalized spacial score (nSPS) is 21.1. The van der Waals surface area contributed by atoms with Crippen molar-refractivity contribution in [2.75, 3.05) is 0 Å². The van der Waals surface area contributed by atoms with Crippen molar-refractivity contribution >= 4 is 52.5 Å². The van der Waals surface area contributed by atoms with Crippen LogP contribution in [0.1, 0.15) is 10.4 Å². The summed E-state index contributed by atoms with van der Waals surface area (Å²) >= 11 is 2.46. The number of rotatable bonds is 8. The van der Waals surface area contributed by atoms with Gasteiger partial charge in [-0.15, -0.1) is 23.1 Å². The van der Waals surface area contributed by atoms with Gasteiger partial charge < -0.3 is 20.1 Å². The van der Waals surface area contributed by atoms with E-state index >= 15 is 0 Å². The number of carbonyl (C=O) groups is 4. The molecule has 2 aliphatic heterocycles. The predicted octanol–water partition coefficient (Wildman–Crippen LogP) is 1.68. The maximum absolute atomic E-state index is 12.7. The van der Waals surface area contributed by atoms with E-state index in [0.29, 0.717) is 5.56 Å². The number of amides is 2. The van der Waals surface area contributed by atoms with Crippen molar-refractivity contribution in [3.8, 4) is 0 Å². The van der Waals surface area contributed by atoms with E-state index in [0.717, 1.165) is 21.5 Å². The molecule has 3 heterocycles. The second-order valence-electron chi connectivity index (χ2n) is 7.39. The zero-order chi connectivity index (χ0) is 24.4. The summed E-state index contributed by atoms with van der Waals surface area (Å²) in [5.41, 5.74) is 0.139. The van der Waals surface area contributed by atoms with E-state index in [2.05, 4.69) is 5.32 Å². The lowest BCUT2D eigenvalue weighted by molar-refractivity contribution is -0.384. The first-order valence-corrected chi connectivity index (χ1v) is 11.7. The molecule has 4 rings (SSSR count). The van der Waals surface area contributed by atoms with Crippen molar-refractivity contribution in [2.24, 2.45) is 0 Å². The quantitative estimate of drug-likeness (QED) is 0.237. The molecule has 1 saturated heterocycles. The summed E-state index contributed by atoms with van der Waals surface area (Å²) in [4.78, 5) is 61.5. The number of nitro groups is 1. The minimum absolute atomic E-state index is 0.108. The number of nitro benzene ring substituents is 1. The van der Waals surface area contributed by atoms with Crippen LogP contribution in [0.15, 0.2) is 52.8 Å². The van der Waals surface area contributed by atoms with Crippen LogP contribution in [0.25, 0.3) is 0 Å². The second-order valence-corrected chi connectivity index (χ2v) is 9.41. The standard InChI is InChI=1S/C21H17N3O8S2/c25-15(8-13-2-1-7-33-13)22-16-18(26)23-17(20(27)28)14(10-34-19(16)23)21(29)32-9-11-3-5-12(6-4-11)24(30)31/h1-7,10,16-17,19H,8-9H2,(H,22,25)(H,27,28)/t16?,17?,19-/m0/s1. The Balaban J connectivity index is 1.41. The number of carboxylic acid groups (broad SMARTS) is 1. The summed E-state index contributed by atoms with van der Waals surface area (Å²) in [6, 6.07) is 6.52. The highest BCUT2D eigenvalue weighted by Crippen LogP contribution is 2.40. The first-order chi connectivity index (χ1) is 16.3. The number of thioether (sulfide) groups is 1. The van der Waals surface area contributed by atoms with E-state index in [9.17, 15) is 34.4 Å². The molecule has 2 aliphatic rings. The Hall–Kier alpha value is -3.71. The summed E-state index contributed by atoms with van der Waals surface area (Å²) in [5.74, 6) is -3.28. The van der Waals surface area contributed by atoms with Gasteiger partial charge in [0.2, 0.25) is 11.8 Å². The Kier molecular flexibility index (Phi) is 6.65. The number of fused-ring (bicyclic) bond motifs is 1. The number of benzene rings is 1. The molecule has 2 amide bonds. The Bertz CT molecular complexity index is 1180. The van der Waals surface area contributed by atoms with Gasteiger partial charge in [-0.05, 0) is 34.6 Å². The van der Waals surface area contributed by atoms with Crippen LogP contribution in [0, 0.1) is 10.1 Å². The lowest BCUT2D eigenvalue weighted by atomic mass is 9.98. The average molecular weight is 504 g/mol. The SMILES string of the molecule is O=C(Cc1cccs1)NC1C(=O)N2C(C(=O)O)C(C(=O)OCc3ccc([N+](=O)[O-])cc3)=CS[C@@H]12. The van der Waals surface area contributed by atoms with Crippen LogP contribution >= 0.6 is 23.1 Å². The van der Waals surface area contributed by atoms with E-state index in [-0.39, 0.29) is 30.2 Å². The molecule has 11 nitrogen and oxygen atoms in total. The lowest BCUT2D eigenvalue weighted by Gasteiger charge is -2.50. The number of carboxylic acids is 1. The van der Waals surface area contributed by atoms with E-state index in [1.165, 1.54) is 41.0 Å². The lowest BCUT2D eigenvalue weighted by Crippen LogP contribution is -2.74. The number of thiophene rings is 1. The van der Waals surface area contributed by atoms with E-state index < -0.39 is 40.2 Å². The Labute approximate surface area is 200 Å². The average Bonchev–Trinajstić information content (AvgIpc) is 3.33. The maximum Gasteiger partial charge on any atom is 0.337 e. The molecule has 1 fully saturated rings. The van der Waals surface area contributed by atoms with Crippen LogP contribution in [-0.4, -0.2) is 56.1 Å². The highest BCUT2D eigenvalue weighted by Gasteiger charge is 2.57. The van der Waals surface area contributed by atoms with Gasteiger partial charge in [0.1, 0.15) is 18.0 Å². The van der Waals surface area contributed by atoms with Gasteiger partial charge in [0, 0.05) is 17.0 Å². The first kappa shape index (κ1) is 23.4. The number of hydrogen-bond donors (Lipinski definition) is 2. The van der Waals surface area contributed by atoms with Gasteiger partial charge in [-0.1, -0.05) is 6.07 Å². The first-order valence-electron chi connectivity index (χ1n) is 9.89. The van der Waals surface area contributed by atoms with Gasteiger partial charge >= 0.3 is 11.9 Å². The van der Waals surface area contributed by atoms with Crippen LogP contribution in [0.3, 0.4) is 0 Å². The molecule has 3 atom stereocenters. The van der Waals surface area contributed by atoms with Crippen molar-refractivity contribution in [1.82, 2.24) is 10.2 Å². The van der Waals surface area contributed by atoms with Crippen molar-refractivity contribution in [1.29, 1.82) is 0 Å². The maximum atomic E-state index is 12.7. The third-order valence-corrected chi connectivity index (χ3v) is 7.25. The smallest absolute Gasteiger partial charge is 0.337 e. The fourth-order valence-electron chi connectivity index (χ4n) is 3.55. The molecule has 13 heteroatoms. The van der Waals surface area contributed by atoms with Crippen molar-refractivity contribution in [3.63, 3.8) is 0 Å². The van der Waals surface area contributed by atoms with Crippen molar-refractivity contribution in [3.05, 3.63) is 73.3 Å². The molecule has 2 aromatic rings. The molecule has 0 aliphatic carbocycles. The van der Waals surface area contributed by atoms with Gasteiger partial charge in [-0.3, -0.25) is 19.7 Å². The third kappa shape index (κ3) is 4.65. The van der Waals surface area contributed by atoms with Gasteiger partial charge in [-0.2, -0.15) is 0 Å². The molecule has 34 heavy (non-hydrogen) atoms. The number of aliphatic carboxylic acids is 1. The third-order valence-electron chi connectivity index (χ3n) is 5.21. The number of nitrogens with one attached hydrogen (secondary N) is 1. The zero-order valence-corrected chi connectivity index (χ0v) is 18.9. The summed E-state index contributed by atoms with van der Waals surface area (Å²) in [6.07, 6.45) is 0.108. The van der Waals surface area contributed by atoms with E-state index in [1.807, 2.05) is 11.4 Å². The molecule has 2 unspecified atom stereocenters. The molecule has 1 aromatic carbocycles. The summed E-state index contributed by atoms with van der Waals surface area (Å²) in [6.45, 7) is -0.232. The van der Waals surface area contributed by atoms with Crippen LogP contribution in [-0.2, 0) is 36.9 Å². The number of carbonyl (C=O) groups excluding carboxylic acids is 3. The monoisotopic (exact) mass is 503 g/mol. The summed E-state index contributed by atoms with van der Waals surface area (Å²) in [5, 5.41) is 25.6. The fraction of sp³-hybridized carbons (Fsp3) is 0.238. The van der Waals surface area contributed by atoms with Crippen molar-refractivity contribution < 1.29 is 33.9 Å². The van der Waals surface area contributed by atoms with Gasteiger partial charge in [0.05, 0.1) is 16.9 Å². The highest BCUT2D eigenvalue weighted by molar-refractivity contribution is 8.03. The Morgan fingerprint density at radius 2 is 1.94 bits per heavy atom. The van der Waals surface area contributed by atoms with Crippen LogP contribution in [0.4, 0.5) is 5.69 Å². The molecule has 0 radical (unpaired) electrons. The van der Waals surface area contributed by atoms with E-state index in [1.54, 1.807) is 6.07 Å². The number of ether oxygens (including phenoxy) is 1. The van der Waals surface area contributed by atoms with Crippen LogP contribution < -0.4 is 5.32 Å². The highest BCUT2D eigenvalue weighted by atomic mass is 32.2. The molecule has 0 spiro atoms. The summed E-state index contributed by atoms with van der Waals surface area (Å²) in [7, 11) is 0. The van der Waals surface area contributed by atoms with Crippen molar-refractivity contribution in [2.45, 2.75) is 30.5 Å². The van der Waals surface area contributed by atoms with Crippen LogP contribution in [0.2, 0.25) is 0 Å². The largest absolute Gasteiger partial charge is 0.479 e. The van der Waals surface area contributed by atoms with E-state index in [4.69, 9.17) is 4.74 Å². The second kappa shape index (κ2) is 9.65.